The fourth-order valence-electron chi connectivity index (χ4n) is 0.676. The van der Waals surface area contributed by atoms with E-state index < -0.39 is 10.8 Å². The van der Waals surface area contributed by atoms with E-state index in [4.69, 9.17) is 5.84 Å². The third kappa shape index (κ3) is 6.52. The molecule has 0 spiro atoms. The molecule has 0 bridgehead atoms. The minimum Gasteiger partial charge on any atom is -0.294 e. The van der Waals surface area contributed by atoms with E-state index in [0.29, 0.717) is 0 Å². The average Bonchev–Trinajstić information content (AvgIpc) is 2.22. The molecule has 0 aliphatic heterocycles. The van der Waals surface area contributed by atoms with Crippen molar-refractivity contribution in [2.75, 3.05) is 11.5 Å². The Morgan fingerprint density at radius 1 is 1.21 bits per heavy atom. The number of nitrogens with one attached hydrogen (secondary N) is 2. The van der Waals surface area contributed by atoms with Crippen LogP contribution < -0.4 is 22.5 Å². The van der Waals surface area contributed by atoms with Crippen LogP contribution in [0.5, 0.6) is 0 Å². The Labute approximate surface area is 84.0 Å². The topological polar surface area (TPSA) is 129 Å². The first kappa shape index (κ1) is 13.0. The van der Waals surface area contributed by atoms with E-state index in [2.05, 4.69) is 11.3 Å². The maximum atomic E-state index is 11.2. The Bertz CT molecular complexity index is 211. The SMILES string of the molecule is NNC(=O)CCS(=O)CCC(=O)N[NH3+]. The van der Waals surface area contributed by atoms with Crippen molar-refractivity contribution in [3.63, 3.8) is 0 Å². The number of nitrogens with two attached hydrogens (primary N) is 1. The zero-order valence-electron chi connectivity index (χ0n) is 7.75. The third-order valence-corrected chi connectivity index (χ3v) is 2.79. The molecule has 0 aromatic heterocycles. The second-order valence-electron chi connectivity index (χ2n) is 2.52. The molecular formula is C6H15N4O3S+. The predicted molar refractivity (Wildman–Crippen MR) is 50.5 cm³/mol. The Balaban J connectivity index is 3.56. The molecule has 1 atom stereocenters. The number of hydrogen-bond acceptors (Lipinski definition) is 4. The van der Waals surface area contributed by atoms with Gasteiger partial charge < -0.3 is 0 Å². The van der Waals surface area contributed by atoms with E-state index in [9.17, 15) is 13.8 Å². The van der Waals surface area contributed by atoms with Gasteiger partial charge in [-0.2, -0.15) is 0 Å². The van der Waals surface area contributed by atoms with Crippen molar-refractivity contribution in [1.82, 2.24) is 10.9 Å². The van der Waals surface area contributed by atoms with Crippen LogP contribution in [0.4, 0.5) is 0 Å². The maximum Gasteiger partial charge on any atom is 0.265 e. The summed E-state index contributed by atoms with van der Waals surface area (Å²) in [4.78, 5) is 21.4. The number of carbonyl (C=O) groups is 2. The van der Waals surface area contributed by atoms with Crippen molar-refractivity contribution < 1.29 is 19.6 Å². The summed E-state index contributed by atoms with van der Waals surface area (Å²) in [6, 6.07) is 0. The van der Waals surface area contributed by atoms with Crippen LogP contribution in [-0.4, -0.2) is 27.5 Å². The predicted octanol–water partition coefficient (Wildman–Crippen LogP) is -3.22. The minimum absolute atomic E-state index is 0.106. The lowest BCUT2D eigenvalue weighted by atomic mass is 10.5. The van der Waals surface area contributed by atoms with Crippen molar-refractivity contribution in [3.8, 4) is 0 Å². The Kier molecular flexibility index (Phi) is 6.89. The molecule has 0 saturated carbocycles. The molecule has 8 heteroatoms. The molecular weight excluding hydrogens is 208 g/mol. The van der Waals surface area contributed by atoms with Crippen LogP contribution in [0.2, 0.25) is 0 Å². The number of hydrogen-bond donors (Lipinski definition) is 4. The first-order valence-corrected chi connectivity index (χ1v) is 5.49. The van der Waals surface area contributed by atoms with E-state index in [1.54, 1.807) is 0 Å². The van der Waals surface area contributed by atoms with Crippen molar-refractivity contribution in [2.45, 2.75) is 12.8 Å². The Morgan fingerprint density at radius 2 is 1.71 bits per heavy atom. The molecule has 0 radical (unpaired) electrons. The van der Waals surface area contributed by atoms with Gasteiger partial charge in [-0.05, 0) is 0 Å². The fraction of sp³-hybridized carbons (Fsp3) is 0.667. The molecule has 0 aliphatic rings. The molecule has 82 valence electrons. The quantitative estimate of drug-likeness (QED) is 0.214. The summed E-state index contributed by atoms with van der Waals surface area (Å²) < 4.78 is 11.2. The molecule has 0 saturated heterocycles. The number of hydrazine groups is 1. The zero-order chi connectivity index (χ0) is 11.0. The normalized spacial score (nSPS) is 11.9. The van der Waals surface area contributed by atoms with E-state index in [1.807, 2.05) is 5.43 Å². The maximum absolute atomic E-state index is 11.2. The lowest BCUT2D eigenvalue weighted by Gasteiger charge is -2.00. The largest absolute Gasteiger partial charge is 0.294 e. The average molecular weight is 223 g/mol. The van der Waals surface area contributed by atoms with E-state index in [-0.39, 0.29) is 36.2 Å². The Morgan fingerprint density at radius 3 is 2.14 bits per heavy atom. The number of amides is 2. The molecule has 0 aromatic carbocycles. The summed E-state index contributed by atoms with van der Waals surface area (Å²) >= 11 is 0. The highest BCUT2D eigenvalue weighted by molar-refractivity contribution is 7.85. The summed E-state index contributed by atoms with van der Waals surface area (Å²) in [5.74, 6) is 7.83. The van der Waals surface area contributed by atoms with Gasteiger partial charge in [0.25, 0.3) is 5.91 Å². The van der Waals surface area contributed by atoms with Gasteiger partial charge in [-0.1, -0.05) is 0 Å². The molecule has 7 nitrogen and oxygen atoms in total. The van der Waals surface area contributed by atoms with Crippen LogP contribution in [0.1, 0.15) is 12.8 Å². The fourth-order valence-corrected chi connectivity index (χ4v) is 1.71. The molecule has 7 N–H and O–H groups in total. The van der Waals surface area contributed by atoms with Gasteiger partial charge in [0.1, 0.15) is 0 Å². The molecule has 0 heterocycles. The Hall–Kier alpha value is -0.990. The van der Waals surface area contributed by atoms with Gasteiger partial charge in [0, 0.05) is 35.1 Å². The second-order valence-corrected chi connectivity index (χ2v) is 4.21. The highest BCUT2D eigenvalue weighted by Crippen LogP contribution is 1.91. The number of rotatable bonds is 6. The summed E-state index contributed by atoms with van der Waals surface area (Å²) in [6.45, 7) is 0. The van der Waals surface area contributed by atoms with Gasteiger partial charge in [0.15, 0.2) is 0 Å². The van der Waals surface area contributed by atoms with Gasteiger partial charge in [0.2, 0.25) is 5.91 Å². The lowest BCUT2D eigenvalue weighted by molar-refractivity contribution is -0.427. The van der Waals surface area contributed by atoms with Gasteiger partial charge in [-0.15, -0.1) is 0 Å². The van der Waals surface area contributed by atoms with Crippen LogP contribution in [0, 0.1) is 0 Å². The van der Waals surface area contributed by atoms with E-state index in [0.717, 1.165) is 0 Å². The zero-order valence-corrected chi connectivity index (χ0v) is 8.56. The van der Waals surface area contributed by atoms with Crippen molar-refractivity contribution >= 4 is 22.6 Å². The summed E-state index contributed by atoms with van der Waals surface area (Å²) in [6.07, 6.45) is 0.259. The molecule has 1 unspecified atom stereocenters. The monoisotopic (exact) mass is 223 g/mol. The summed E-state index contributed by atoms with van der Waals surface area (Å²) in [7, 11) is -1.17. The minimum atomic E-state index is -1.17. The van der Waals surface area contributed by atoms with Gasteiger partial charge >= 0.3 is 0 Å². The molecule has 0 aromatic rings. The van der Waals surface area contributed by atoms with Crippen LogP contribution >= 0.6 is 0 Å². The second kappa shape index (κ2) is 7.42. The highest BCUT2D eigenvalue weighted by atomic mass is 32.2. The highest BCUT2D eigenvalue weighted by Gasteiger charge is 2.07. The summed E-state index contributed by atoms with van der Waals surface area (Å²) in [5.41, 5.74) is 4.11. The van der Waals surface area contributed by atoms with Gasteiger partial charge in [0.05, 0.1) is 0 Å². The first-order valence-electron chi connectivity index (χ1n) is 4.00. The standard InChI is InChI=1S/C6H14N4O3S/c7-9-5(11)1-3-14(13)4-2-6(12)10-8/h1-4,7-8H2,(H,9,11)(H,10,12)/p+1. The molecule has 0 fully saturated rings. The molecule has 0 rings (SSSR count). The van der Waals surface area contributed by atoms with Crippen molar-refractivity contribution in [3.05, 3.63) is 0 Å². The van der Waals surface area contributed by atoms with Crippen LogP contribution in [0.3, 0.4) is 0 Å². The van der Waals surface area contributed by atoms with Crippen LogP contribution in [0.25, 0.3) is 0 Å². The van der Waals surface area contributed by atoms with Crippen molar-refractivity contribution in [2.24, 2.45) is 5.84 Å². The summed E-state index contributed by atoms with van der Waals surface area (Å²) in [5, 5.41) is 0. The smallest absolute Gasteiger partial charge is 0.265 e. The number of quaternary nitrogens is 1. The van der Waals surface area contributed by atoms with Crippen LogP contribution in [-0.2, 0) is 20.4 Å². The van der Waals surface area contributed by atoms with E-state index >= 15 is 0 Å². The third-order valence-electron chi connectivity index (χ3n) is 1.47. The molecule has 14 heavy (non-hydrogen) atoms. The van der Waals surface area contributed by atoms with Crippen LogP contribution in [0.15, 0.2) is 0 Å². The molecule has 2 amide bonds. The van der Waals surface area contributed by atoms with Crippen molar-refractivity contribution in [1.29, 1.82) is 0 Å². The van der Waals surface area contributed by atoms with Gasteiger partial charge in [-0.3, -0.25) is 25.1 Å². The lowest BCUT2D eigenvalue weighted by Crippen LogP contribution is -2.67. The van der Waals surface area contributed by atoms with E-state index in [1.165, 1.54) is 0 Å². The first-order chi connectivity index (χ1) is 6.60. The number of carbonyl (C=O) groups excluding carboxylic acids is 2. The van der Waals surface area contributed by atoms with Gasteiger partial charge in [-0.25, -0.2) is 11.3 Å². The molecule has 0 aliphatic carbocycles.